The van der Waals surface area contributed by atoms with Crippen LogP contribution in [-0.4, -0.2) is 96.8 Å². The Kier molecular flexibility index (Phi) is 9.20. The van der Waals surface area contributed by atoms with Gasteiger partial charge in [-0.1, -0.05) is 11.2 Å². The number of β-lactam (4-membered cyclic amide) rings is 1. The number of carboxylic acid groups (broad SMARTS) is 2. The van der Waals surface area contributed by atoms with Crippen LogP contribution in [0.1, 0.15) is 19.5 Å². The third-order valence-corrected chi connectivity index (χ3v) is 7.55. The number of carbonyl (C=O) groups is 4. The third-order valence-electron chi connectivity index (χ3n) is 5.54. The van der Waals surface area contributed by atoms with Crippen LogP contribution >= 0.6 is 23.1 Å². The summed E-state index contributed by atoms with van der Waals surface area (Å²) >= 11 is 2.32. The number of fused-ring (bicyclic) bond motifs is 1. The number of oxime groups is 1. The van der Waals surface area contributed by atoms with Crippen molar-refractivity contribution in [2.75, 3.05) is 11.5 Å². The Morgan fingerprint density at radius 2 is 2.03 bits per heavy atom. The first kappa shape index (κ1) is 29.6. The Balaban J connectivity index is 0.00000400. The second-order valence-corrected chi connectivity index (χ2v) is 10.6. The van der Waals surface area contributed by atoms with Crippen LogP contribution in [0, 0.1) is 0 Å². The van der Waals surface area contributed by atoms with Crippen LogP contribution in [0.2, 0.25) is 0 Å². The molecular formula is C22H23N6NaO7S2. The van der Waals surface area contributed by atoms with Crippen LogP contribution in [0.4, 0.5) is 5.13 Å². The Hall–Kier alpha value is -2.98. The summed E-state index contributed by atoms with van der Waals surface area (Å²) in [7, 11) is 0. The van der Waals surface area contributed by atoms with Gasteiger partial charge in [0.05, 0.1) is 11.7 Å². The standard InChI is InChI=1S/C22H22N6O7S2.Na.H/c1-22(2,20(33)34)35-26-13(12-10-37-21(23)24-12)16(29)25-14-17(30)28-15(19(31)32)11(9-36-18(14)28)8-27-6-4-3-5-7-27;;/h3-7,10,14,18H,8-9H2,1-2H3,(H4-,23,24,25,29,31,32,33,34);;/b26-13-;;/t14-,18-;;/m1../s1. The predicted octanol–water partition coefficient (Wildman–Crippen LogP) is -1.95. The molecular weight excluding hydrogens is 547 g/mol. The van der Waals surface area contributed by atoms with E-state index in [-0.39, 0.29) is 58.3 Å². The van der Waals surface area contributed by atoms with E-state index in [2.05, 4.69) is 15.5 Å². The molecule has 13 nitrogen and oxygen atoms in total. The number of amides is 2. The zero-order valence-electron chi connectivity index (χ0n) is 19.6. The van der Waals surface area contributed by atoms with Gasteiger partial charge in [0, 0.05) is 28.8 Å². The van der Waals surface area contributed by atoms with E-state index in [1.165, 1.54) is 31.0 Å². The average molecular weight is 571 g/mol. The number of nitrogen functional groups attached to an aromatic ring is 1. The van der Waals surface area contributed by atoms with Crippen LogP contribution in [-0.2, 0) is 30.6 Å². The first-order chi connectivity index (χ1) is 17.5. The quantitative estimate of drug-likeness (QED) is 0.100. The van der Waals surface area contributed by atoms with Gasteiger partial charge in [-0.15, -0.1) is 23.1 Å². The van der Waals surface area contributed by atoms with Gasteiger partial charge in [0.15, 0.2) is 29.8 Å². The van der Waals surface area contributed by atoms with Crippen molar-refractivity contribution in [1.82, 2.24) is 15.2 Å². The maximum absolute atomic E-state index is 13.1. The summed E-state index contributed by atoms with van der Waals surface area (Å²) < 4.78 is 1.78. The molecule has 2 amide bonds. The molecule has 2 aromatic heterocycles. The second-order valence-electron chi connectivity index (χ2n) is 8.57. The van der Waals surface area contributed by atoms with Gasteiger partial charge in [-0.2, -0.15) is 0 Å². The van der Waals surface area contributed by atoms with Crippen molar-refractivity contribution < 1.29 is 38.8 Å². The molecule has 2 aliphatic rings. The maximum atomic E-state index is 13.1. The molecule has 2 atom stereocenters. The number of nitrogens with zero attached hydrogens (tertiary/aromatic N) is 4. The number of carbonyl (C=O) groups excluding carboxylic acids is 3. The number of nitrogens with two attached hydrogens (primary N) is 1. The molecule has 196 valence electrons. The van der Waals surface area contributed by atoms with Gasteiger partial charge in [-0.25, -0.2) is 14.3 Å². The fourth-order valence-electron chi connectivity index (χ4n) is 3.56. The number of aromatic nitrogens is 2. The van der Waals surface area contributed by atoms with Gasteiger partial charge < -0.3 is 30.9 Å². The average Bonchev–Trinajstić information content (AvgIpc) is 3.28. The minimum atomic E-state index is -1.75. The number of carboxylic acids is 2. The van der Waals surface area contributed by atoms with E-state index < -0.39 is 40.8 Å². The first-order valence-corrected chi connectivity index (χ1v) is 12.8. The van der Waals surface area contributed by atoms with Gasteiger partial charge in [-0.05, 0) is 13.8 Å². The number of aliphatic carboxylic acids is 2. The number of thiazole rings is 1. The number of nitrogens with one attached hydrogen (secondary N) is 1. The normalized spacial score (nSPS) is 19.2. The first-order valence-electron chi connectivity index (χ1n) is 10.8. The van der Waals surface area contributed by atoms with Crippen molar-refractivity contribution >= 4 is 87.3 Å². The molecule has 38 heavy (non-hydrogen) atoms. The van der Waals surface area contributed by atoms with Crippen LogP contribution in [0.5, 0.6) is 0 Å². The number of hydrogen-bond donors (Lipinski definition) is 3. The zero-order chi connectivity index (χ0) is 26.9. The minimum absolute atomic E-state index is 0. The van der Waals surface area contributed by atoms with Crippen LogP contribution in [0.3, 0.4) is 0 Å². The van der Waals surface area contributed by atoms with Crippen molar-refractivity contribution in [3.05, 3.63) is 52.9 Å². The van der Waals surface area contributed by atoms with E-state index in [1.54, 1.807) is 29.1 Å². The van der Waals surface area contributed by atoms with E-state index in [4.69, 9.17) is 10.6 Å². The van der Waals surface area contributed by atoms with Crippen LogP contribution in [0.15, 0.2) is 52.4 Å². The summed E-state index contributed by atoms with van der Waals surface area (Å²) in [5.74, 6) is -4.01. The molecule has 4 rings (SSSR count). The molecule has 0 aliphatic carbocycles. The fourth-order valence-corrected chi connectivity index (χ4v) is 5.45. The van der Waals surface area contributed by atoms with Crippen molar-refractivity contribution in [2.45, 2.75) is 37.4 Å². The second kappa shape index (κ2) is 11.8. The van der Waals surface area contributed by atoms with Crippen molar-refractivity contribution in [3.63, 3.8) is 0 Å². The molecule has 0 aromatic carbocycles. The van der Waals surface area contributed by atoms with E-state index in [9.17, 15) is 29.4 Å². The van der Waals surface area contributed by atoms with Gasteiger partial charge in [0.1, 0.15) is 17.1 Å². The van der Waals surface area contributed by atoms with Gasteiger partial charge in [-0.3, -0.25) is 14.5 Å². The molecule has 1 saturated heterocycles. The van der Waals surface area contributed by atoms with Crippen LogP contribution < -0.4 is 20.7 Å². The zero-order valence-corrected chi connectivity index (χ0v) is 21.2. The summed E-state index contributed by atoms with van der Waals surface area (Å²) in [5, 5.41) is 28.4. The fraction of sp³-hybridized carbons (Fsp3) is 0.318. The Morgan fingerprint density at radius 1 is 1.34 bits per heavy atom. The molecule has 2 aromatic rings. The Labute approximate surface area is 247 Å². The molecule has 0 spiro atoms. The molecule has 4 heterocycles. The van der Waals surface area contributed by atoms with Gasteiger partial charge >= 0.3 is 35.5 Å². The number of rotatable bonds is 9. The molecule has 2 aliphatic heterocycles. The monoisotopic (exact) mass is 570 g/mol. The van der Waals surface area contributed by atoms with E-state index in [0.717, 1.165) is 16.2 Å². The van der Waals surface area contributed by atoms with Crippen molar-refractivity contribution in [2.24, 2.45) is 5.16 Å². The molecule has 0 saturated carbocycles. The van der Waals surface area contributed by atoms with Gasteiger partial charge in [0.25, 0.3) is 11.8 Å². The summed E-state index contributed by atoms with van der Waals surface area (Å²) in [6.07, 6.45) is 3.55. The molecule has 0 bridgehead atoms. The number of anilines is 1. The molecule has 0 unspecified atom stereocenters. The SMILES string of the molecule is CC(C)(O/N=C(\C(=O)N[C@@H]1C(=O)N2C(C(=O)[O-])=C(C[n+]3ccccc3)CS[C@H]12)c1csc(N)n1)C(=O)O.[NaH]. The van der Waals surface area contributed by atoms with Crippen molar-refractivity contribution in [3.8, 4) is 0 Å². The summed E-state index contributed by atoms with van der Waals surface area (Å²) in [5.41, 5.74) is 3.83. The summed E-state index contributed by atoms with van der Waals surface area (Å²) in [4.78, 5) is 59.6. The number of hydrogen-bond acceptors (Lipinski definition) is 11. The summed E-state index contributed by atoms with van der Waals surface area (Å²) in [6.45, 7) is 2.74. The third kappa shape index (κ3) is 6.02. The summed E-state index contributed by atoms with van der Waals surface area (Å²) in [6, 6.07) is 4.36. The molecule has 1 fully saturated rings. The molecule has 0 radical (unpaired) electrons. The Morgan fingerprint density at radius 3 is 2.61 bits per heavy atom. The van der Waals surface area contributed by atoms with E-state index in [0.29, 0.717) is 11.3 Å². The topological polar surface area (TPSA) is 191 Å². The molecule has 16 heteroatoms. The number of thioether (sulfide) groups is 1. The van der Waals surface area contributed by atoms with Gasteiger partial charge in [0.2, 0.25) is 5.60 Å². The predicted molar refractivity (Wildman–Crippen MR) is 137 cm³/mol. The number of pyridine rings is 1. The Bertz CT molecular complexity index is 1330. The van der Waals surface area contributed by atoms with Crippen LogP contribution in [0.25, 0.3) is 0 Å². The van der Waals surface area contributed by atoms with Crippen molar-refractivity contribution in [1.29, 1.82) is 0 Å². The van der Waals surface area contributed by atoms with E-state index >= 15 is 0 Å². The van der Waals surface area contributed by atoms with E-state index in [1.807, 2.05) is 6.07 Å². The molecule has 4 N–H and O–H groups in total.